The maximum Gasteiger partial charge on any atom is 0.222 e. The van der Waals surface area contributed by atoms with Crippen LogP contribution < -0.4 is 15.0 Å². The number of piperidine rings is 1. The van der Waals surface area contributed by atoms with Gasteiger partial charge in [0.2, 0.25) is 5.96 Å². The molecule has 2 heterocycles. The van der Waals surface area contributed by atoms with E-state index in [2.05, 4.69) is 33.8 Å². The van der Waals surface area contributed by atoms with Gasteiger partial charge in [-0.25, -0.2) is 18.2 Å². The smallest absolute Gasteiger partial charge is 0.222 e. The van der Waals surface area contributed by atoms with Gasteiger partial charge in [-0.1, -0.05) is 12.6 Å². The predicted octanol–water partition coefficient (Wildman–Crippen LogP) is 6.14. The second-order valence-electron chi connectivity index (χ2n) is 10.3. The summed E-state index contributed by atoms with van der Waals surface area (Å²) in [5, 5.41) is 2.95. The fraction of sp³-hybridized carbons (Fsp3) is 0.448. The molecule has 0 amide bonds. The topological polar surface area (TPSA) is 52.5 Å². The van der Waals surface area contributed by atoms with E-state index in [1.165, 1.54) is 19.2 Å². The van der Waals surface area contributed by atoms with Gasteiger partial charge in [0.25, 0.3) is 0 Å². The van der Waals surface area contributed by atoms with E-state index in [9.17, 15) is 4.39 Å². The second kappa shape index (κ2) is 11.6. The first-order valence-corrected chi connectivity index (χ1v) is 13.0. The van der Waals surface area contributed by atoms with Gasteiger partial charge in [-0.3, -0.25) is 4.99 Å². The SMILES string of the molecule is C=C(F)/C(=N\C(=N/C)Nc1ccc(C2CCN(C)CC2)c(F)c1)c1cc(F)c2c(c1)N(C(C)C)CC(C)O2. The van der Waals surface area contributed by atoms with Gasteiger partial charge in [-0.15, -0.1) is 0 Å². The largest absolute Gasteiger partial charge is 0.484 e. The average Bonchev–Trinajstić information content (AvgIpc) is 2.87. The molecule has 4 rings (SSSR count). The summed E-state index contributed by atoms with van der Waals surface area (Å²) >= 11 is 0. The van der Waals surface area contributed by atoms with E-state index in [0.717, 1.165) is 25.9 Å². The highest BCUT2D eigenvalue weighted by Gasteiger charge is 2.29. The van der Waals surface area contributed by atoms with Crippen LogP contribution in [0.25, 0.3) is 0 Å². The van der Waals surface area contributed by atoms with Crippen LogP contribution in [0.3, 0.4) is 0 Å². The lowest BCUT2D eigenvalue weighted by molar-refractivity contribution is 0.199. The van der Waals surface area contributed by atoms with Crippen LogP contribution in [0.5, 0.6) is 5.75 Å². The number of allylic oxidation sites excluding steroid dienone is 1. The van der Waals surface area contributed by atoms with Crippen LogP contribution in [0.2, 0.25) is 0 Å². The highest BCUT2D eigenvalue weighted by Crippen LogP contribution is 2.38. The van der Waals surface area contributed by atoms with Crippen molar-refractivity contribution >= 4 is 23.0 Å². The molecule has 2 aromatic carbocycles. The monoisotopic (exact) mass is 527 g/mol. The van der Waals surface area contributed by atoms with Gasteiger partial charge in [-0.05, 0) is 89.5 Å². The Bertz CT molecular complexity index is 1250. The lowest BCUT2D eigenvalue weighted by Crippen LogP contribution is -2.42. The molecule has 2 aliphatic heterocycles. The number of aliphatic imine (C=N–C) groups is 2. The molecule has 1 fully saturated rings. The van der Waals surface area contributed by atoms with E-state index in [4.69, 9.17) is 4.74 Å². The lowest BCUT2D eigenvalue weighted by atomic mass is 9.89. The Labute approximate surface area is 222 Å². The van der Waals surface area contributed by atoms with Gasteiger partial charge in [-0.2, -0.15) is 0 Å². The minimum absolute atomic E-state index is 0.0361. The van der Waals surface area contributed by atoms with Crippen LogP contribution in [-0.2, 0) is 0 Å². The third-order valence-electron chi connectivity index (χ3n) is 7.10. The average molecular weight is 528 g/mol. The zero-order chi connectivity index (χ0) is 27.6. The summed E-state index contributed by atoms with van der Waals surface area (Å²) in [6.45, 7) is 11.7. The Morgan fingerprint density at radius 2 is 1.84 bits per heavy atom. The molecular formula is C29H36F3N5O. The maximum absolute atomic E-state index is 15.1. The zero-order valence-corrected chi connectivity index (χ0v) is 22.7. The van der Waals surface area contributed by atoms with E-state index >= 15 is 8.78 Å². The van der Waals surface area contributed by atoms with Crippen molar-refractivity contribution in [1.82, 2.24) is 4.90 Å². The Morgan fingerprint density at radius 3 is 2.45 bits per heavy atom. The first-order valence-electron chi connectivity index (χ1n) is 13.0. The fourth-order valence-electron chi connectivity index (χ4n) is 5.05. The van der Waals surface area contributed by atoms with Crippen LogP contribution in [0.1, 0.15) is 50.7 Å². The Hall–Kier alpha value is -3.33. The number of likely N-dealkylation sites (tertiary alicyclic amines) is 1. The standard InChI is InChI=1S/C29H36F3N5O/c1-17(2)37-16-18(3)38-28-25(32)13-21(14-26(28)37)27(19(4)30)35-29(33-5)34-22-7-8-23(24(31)15-22)20-9-11-36(6)12-10-20/h7-8,13-15,17-18,20H,4,9-12,16H2,1-3,5-6H3,(H,33,34)/b35-27+. The number of ether oxygens (including phenoxy) is 1. The molecule has 0 aliphatic carbocycles. The molecule has 0 saturated carbocycles. The van der Waals surface area contributed by atoms with Crippen LogP contribution in [0, 0.1) is 11.6 Å². The van der Waals surface area contributed by atoms with Crippen molar-refractivity contribution in [2.24, 2.45) is 9.98 Å². The highest BCUT2D eigenvalue weighted by atomic mass is 19.1. The third-order valence-corrected chi connectivity index (χ3v) is 7.10. The number of nitrogens with one attached hydrogen (secondary N) is 1. The fourth-order valence-corrected chi connectivity index (χ4v) is 5.05. The number of fused-ring (bicyclic) bond motifs is 1. The van der Waals surface area contributed by atoms with Crippen LogP contribution in [0.15, 0.2) is 52.7 Å². The van der Waals surface area contributed by atoms with Crippen molar-refractivity contribution < 1.29 is 17.9 Å². The Balaban J connectivity index is 1.62. The number of anilines is 2. The molecule has 2 aliphatic rings. The van der Waals surface area contributed by atoms with Crippen LogP contribution in [0.4, 0.5) is 24.5 Å². The maximum atomic E-state index is 15.1. The number of guanidine groups is 1. The first kappa shape index (κ1) is 27.7. The van der Waals surface area contributed by atoms with Gasteiger partial charge in [0.1, 0.15) is 23.5 Å². The lowest BCUT2D eigenvalue weighted by Gasteiger charge is -2.38. The molecule has 0 bridgehead atoms. The molecule has 0 aromatic heterocycles. The molecule has 2 aromatic rings. The Morgan fingerprint density at radius 1 is 1.13 bits per heavy atom. The minimum Gasteiger partial charge on any atom is -0.484 e. The number of rotatable bonds is 5. The van der Waals surface area contributed by atoms with Crippen molar-refractivity contribution in [3.8, 4) is 5.75 Å². The van der Waals surface area contributed by atoms with Crippen molar-refractivity contribution in [2.75, 3.05) is 43.9 Å². The van der Waals surface area contributed by atoms with E-state index in [1.54, 1.807) is 18.2 Å². The Kier molecular flexibility index (Phi) is 8.45. The summed E-state index contributed by atoms with van der Waals surface area (Å²) in [5.74, 6) is -1.42. The van der Waals surface area contributed by atoms with E-state index in [1.807, 2.05) is 25.7 Å². The number of benzene rings is 2. The molecule has 1 atom stereocenters. The molecule has 1 unspecified atom stereocenters. The van der Waals surface area contributed by atoms with Gasteiger partial charge < -0.3 is 19.9 Å². The van der Waals surface area contributed by atoms with Gasteiger partial charge in [0, 0.05) is 24.3 Å². The van der Waals surface area contributed by atoms with Crippen LogP contribution >= 0.6 is 0 Å². The van der Waals surface area contributed by atoms with Gasteiger partial charge in [0.05, 0.1) is 12.2 Å². The highest BCUT2D eigenvalue weighted by molar-refractivity contribution is 6.17. The molecule has 0 spiro atoms. The third kappa shape index (κ3) is 6.04. The summed E-state index contributed by atoms with van der Waals surface area (Å²) in [5.41, 5.74) is 1.67. The summed E-state index contributed by atoms with van der Waals surface area (Å²) in [7, 11) is 3.55. The second-order valence-corrected chi connectivity index (χ2v) is 10.3. The summed E-state index contributed by atoms with van der Waals surface area (Å²) in [4.78, 5) is 12.7. The van der Waals surface area contributed by atoms with Crippen molar-refractivity contribution in [2.45, 2.75) is 51.7 Å². The molecule has 6 nitrogen and oxygen atoms in total. The van der Waals surface area contributed by atoms with Crippen molar-refractivity contribution in [3.63, 3.8) is 0 Å². The molecule has 204 valence electrons. The van der Waals surface area contributed by atoms with Crippen molar-refractivity contribution in [1.29, 1.82) is 0 Å². The summed E-state index contributed by atoms with van der Waals surface area (Å²) in [6, 6.07) is 7.85. The molecule has 9 heteroatoms. The quantitative estimate of drug-likeness (QED) is 0.375. The minimum atomic E-state index is -0.850. The zero-order valence-electron chi connectivity index (χ0n) is 22.7. The number of nitrogens with zero attached hydrogens (tertiary/aromatic N) is 4. The van der Waals surface area contributed by atoms with E-state index in [0.29, 0.717) is 23.5 Å². The molecule has 38 heavy (non-hydrogen) atoms. The van der Waals surface area contributed by atoms with Crippen molar-refractivity contribution in [3.05, 3.63) is 65.5 Å². The normalized spacial score (nSPS) is 19.4. The number of halogens is 3. The summed E-state index contributed by atoms with van der Waals surface area (Å²) < 4.78 is 50.6. The first-order chi connectivity index (χ1) is 18.1. The van der Waals surface area contributed by atoms with Gasteiger partial charge >= 0.3 is 0 Å². The van der Waals surface area contributed by atoms with Gasteiger partial charge in [0.15, 0.2) is 11.6 Å². The van der Waals surface area contributed by atoms with E-state index < -0.39 is 11.6 Å². The molecule has 0 radical (unpaired) electrons. The van der Waals surface area contributed by atoms with E-state index in [-0.39, 0.29) is 46.9 Å². The molecule has 1 N–H and O–H groups in total. The molecule has 1 saturated heterocycles. The van der Waals surface area contributed by atoms with Crippen LogP contribution in [-0.4, -0.2) is 62.4 Å². The summed E-state index contributed by atoms with van der Waals surface area (Å²) in [6.07, 6.45) is 1.62. The molecular weight excluding hydrogens is 491 g/mol. The number of hydrogen-bond acceptors (Lipinski definition) is 4. The predicted molar refractivity (Wildman–Crippen MR) is 149 cm³/mol. The number of hydrogen-bond donors (Lipinski definition) is 1.